The van der Waals surface area contributed by atoms with Crippen molar-refractivity contribution in [3.8, 4) is 0 Å². The molecule has 1 fully saturated rings. The lowest BCUT2D eigenvalue weighted by Crippen LogP contribution is -2.46. The van der Waals surface area contributed by atoms with Crippen molar-refractivity contribution in [3.05, 3.63) is 64.7 Å². The van der Waals surface area contributed by atoms with Crippen LogP contribution in [0.25, 0.3) is 0 Å². The molecule has 3 rings (SSSR count). The molecule has 2 aromatic rings. The van der Waals surface area contributed by atoms with Gasteiger partial charge in [-0.05, 0) is 48.2 Å². The first kappa shape index (κ1) is 23.6. The predicted octanol–water partition coefficient (Wildman–Crippen LogP) is 4.67. The first-order valence-electron chi connectivity index (χ1n) is 10.8. The Hall–Kier alpha value is -3.06. The molecule has 2 N–H and O–H groups in total. The van der Waals surface area contributed by atoms with Crippen LogP contribution < -0.4 is 10.6 Å². The predicted molar refractivity (Wildman–Crippen MR) is 123 cm³/mol. The Balaban J connectivity index is 1.89. The number of rotatable bonds is 9. The number of anilines is 1. The van der Waals surface area contributed by atoms with Crippen LogP contribution in [0.4, 0.5) is 10.5 Å². The number of hydrogen-bond acceptors (Lipinski definition) is 4. The van der Waals surface area contributed by atoms with Crippen LogP contribution in [0.2, 0.25) is 5.02 Å². The summed E-state index contributed by atoms with van der Waals surface area (Å²) in [7, 11) is 0. The quantitative estimate of drug-likeness (QED) is 0.573. The van der Waals surface area contributed by atoms with Gasteiger partial charge in [0.15, 0.2) is 12.1 Å². The van der Waals surface area contributed by atoms with Crippen molar-refractivity contribution in [1.29, 1.82) is 0 Å². The highest BCUT2D eigenvalue weighted by Gasteiger charge is 2.46. The van der Waals surface area contributed by atoms with E-state index in [1.807, 2.05) is 19.9 Å². The van der Waals surface area contributed by atoms with Crippen LogP contribution in [0.3, 0.4) is 0 Å². The van der Waals surface area contributed by atoms with Crippen LogP contribution in [-0.2, 0) is 20.9 Å². The highest BCUT2D eigenvalue weighted by molar-refractivity contribution is 6.30. The number of nitrogens with one attached hydrogen (secondary N) is 2. The Morgan fingerprint density at radius 1 is 1.09 bits per heavy atom. The number of cyclic esters (lactones) is 1. The Kier molecular flexibility index (Phi) is 8.11. The van der Waals surface area contributed by atoms with Crippen LogP contribution in [-0.4, -0.2) is 35.4 Å². The molecule has 8 heteroatoms. The van der Waals surface area contributed by atoms with E-state index in [4.69, 9.17) is 16.3 Å². The lowest BCUT2D eigenvalue weighted by molar-refractivity contribution is -0.126. The SMILES string of the molecule is CCCNC(=O)C1C(c2cccc(NC(=O)CCC)c2)OC(=O)N1Cc1cccc(Cl)c1. The smallest absolute Gasteiger partial charge is 0.411 e. The van der Waals surface area contributed by atoms with Crippen LogP contribution in [0.1, 0.15) is 50.3 Å². The Bertz CT molecular complexity index is 981. The first-order valence-corrected chi connectivity index (χ1v) is 11.2. The molecule has 0 aliphatic carbocycles. The van der Waals surface area contributed by atoms with Crippen molar-refractivity contribution in [2.24, 2.45) is 0 Å². The zero-order chi connectivity index (χ0) is 23.1. The molecule has 1 heterocycles. The van der Waals surface area contributed by atoms with Gasteiger partial charge in [-0.2, -0.15) is 0 Å². The monoisotopic (exact) mass is 457 g/mol. The van der Waals surface area contributed by atoms with Crippen molar-refractivity contribution in [3.63, 3.8) is 0 Å². The molecule has 3 amide bonds. The maximum absolute atomic E-state index is 13.1. The largest absolute Gasteiger partial charge is 0.438 e. The van der Waals surface area contributed by atoms with Gasteiger partial charge in [-0.1, -0.05) is 49.7 Å². The molecule has 2 unspecified atom stereocenters. The lowest BCUT2D eigenvalue weighted by atomic mass is 10.00. The summed E-state index contributed by atoms with van der Waals surface area (Å²) >= 11 is 6.09. The van der Waals surface area contributed by atoms with Crippen LogP contribution in [0, 0.1) is 0 Å². The van der Waals surface area contributed by atoms with E-state index in [0.717, 1.165) is 18.4 Å². The standard InChI is InChI=1S/C24H28ClN3O4/c1-3-7-20(29)27-19-11-6-9-17(14-19)22-21(23(30)26-12-4-2)28(24(31)32-22)15-16-8-5-10-18(25)13-16/h5-6,8-11,13-14,21-22H,3-4,7,12,15H2,1-2H3,(H,26,30)(H,27,29). The zero-order valence-electron chi connectivity index (χ0n) is 18.3. The van der Waals surface area contributed by atoms with E-state index in [9.17, 15) is 14.4 Å². The van der Waals surface area contributed by atoms with Gasteiger partial charge < -0.3 is 15.4 Å². The van der Waals surface area contributed by atoms with Gasteiger partial charge in [-0.3, -0.25) is 14.5 Å². The van der Waals surface area contributed by atoms with Crippen molar-refractivity contribution >= 4 is 35.2 Å². The van der Waals surface area contributed by atoms with Gasteiger partial charge in [-0.15, -0.1) is 0 Å². The van der Waals surface area contributed by atoms with Crippen molar-refractivity contribution in [2.45, 2.75) is 51.8 Å². The topological polar surface area (TPSA) is 87.7 Å². The number of hydrogen-bond donors (Lipinski definition) is 2. The number of carbonyl (C=O) groups excluding carboxylic acids is 3. The number of benzene rings is 2. The summed E-state index contributed by atoms with van der Waals surface area (Å²) < 4.78 is 5.66. The molecule has 0 aromatic heterocycles. The van der Waals surface area contributed by atoms with Gasteiger partial charge in [0.05, 0.1) is 6.54 Å². The fourth-order valence-electron chi connectivity index (χ4n) is 3.64. The molecule has 170 valence electrons. The summed E-state index contributed by atoms with van der Waals surface area (Å²) in [5.74, 6) is -0.377. The third kappa shape index (κ3) is 5.79. The molecule has 1 aliphatic heterocycles. The minimum Gasteiger partial charge on any atom is -0.438 e. The molecule has 1 saturated heterocycles. The number of carbonyl (C=O) groups is 3. The minimum absolute atomic E-state index is 0.0899. The highest BCUT2D eigenvalue weighted by atomic mass is 35.5. The van der Waals surface area contributed by atoms with Gasteiger partial charge in [0.1, 0.15) is 0 Å². The minimum atomic E-state index is -0.852. The second-order valence-corrected chi connectivity index (χ2v) is 8.16. The van der Waals surface area contributed by atoms with Crippen molar-refractivity contribution < 1.29 is 19.1 Å². The fraction of sp³-hybridized carbons (Fsp3) is 0.375. The molecule has 0 radical (unpaired) electrons. The third-order valence-corrected chi connectivity index (χ3v) is 5.36. The van der Waals surface area contributed by atoms with Gasteiger partial charge in [0, 0.05) is 23.7 Å². The van der Waals surface area contributed by atoms with E-state index < -0.39 is 18.2 Å². The van der Waals surface area contributed by atoms with E-state index in [1.54, 1.807) is 42.5 Å². The normalized spacial score (nSPS) is 17.7. The second kappa shape index (κ2) is 11.0. The van der Waals surface area contributed by atoms with Gasteiger partial charge >= 0.3 is 6.09 Å². The summed E-state index contributed by atoms with van der Waals surface area (Å²) in [5, 5.41) is 6.27. The number of amides is 3. The van der Waals surface area contributed by atoms with E-state index in [0.29, 0.717) is 29.2 Å². The third-order valence-electron chi connectivity index (χ3n) is 5.12. The maximum atomic E-state index is 13.1. The van der Waals surface area contributed by atoms with E-state index in [1.165, 1.54) is 4.90 Å². The van der Waals surface area contributed by atoms with Gasteiger partial charge in [0.2, 0.25) is 11.8 Å². The van der Waals surface area contributed by atoms with E-state index >= 15 is 0 Å². The Labute approximate surface area is 193 Å². The average Bonchev–Trinajstić information content (AvgIpc) is 3.08. The fourth-order valence-corrected chi connectivity index (χ4v) is 3.85. The molecular weight excluding hydrogens is 430 g/mol. The number of halogens is 1. The number of ether oxygens (including phenoxy) is 1. The van der Waals surface area contributed by atoms with Crippen LogP contribution in [0.15, 0.2) is 48.5 Å². The molecule has 2 aromatic carbocycles. The average molecular weight is 458 g/mol. The van der Waals surface area contributed by atoms with Gasteiger partial charge in [-0.25, -0.2) is 4.79 Å². The molecule has 0 bridgehead atoms. The molecule has 2 atom stereocenters. The molecule has 32 heavy (non-hydrogen) atoms. The molecule has 1 aliphatic rings. The summed E-state index contributed by atoms with van der Waals surface area (Å²) in [6, 6.07) is 13.4. The van der Waals surface area contributed by atoms with E-state index in [2.05, 4.69) is 10.6 Å². The Morgan fingerprint density at radius 3 is 2.59 bits per heavy atom. The summed E-state index contributed by atoms with van der Waals surface area (Å²) in [6.45, 7) is 4.57. The lowest BCUT2D eigenvalue weighted by Gasteiger charge is -2.24. The van der Waals surface area contributed by atoms with Crippen molar-refractivity contribution in [1.82, 2.24) is 10.2 Å². The summed E-state index contributed by atoms with van der Waals surface area (Å²) in [6.07, 6.45) is 0.543. The first-order chi connectivity index (χ1) is 15.4. The molecule has 0 spiro atoms. The highest BCUT2D eigenvalue weighted by Crippen LogP contribution is 2.35. The Morgan fingerprint density at radius 2 is 1.88 bits per heavy atom. The number of nitrogens with zero attached hydrogens (tertiary/aromatic N) is 1. The summed E-state index contributed by atoms with van der Waals surface area (Å²) in [4.78, 5) is 39.3. The van der Waals surface area contributed by atoms with Crippen LogP contribution >= 0.6 is 11.6 Å². The zero-order valence-corrected chi connectivity index (χ0v) is 19.0. The van der Waals surface area contributed by atoms with E-state index in [-0.39, 0.29) is 18.4 Å². The second-order valence-electron chi connectivity index (χ2n) is 7.72. The van der Waals surface area contributed by atoms with Gasteiger partial charge in [0.25, 0.3) is 0 Å². The maximum Gasteiger partial charge on any atom is 0.411 e. The molecule has 0 saturated carbocycles. The molecular formula is C24H28ClN3O4. The molecule has 7 nitrogen and oxygen atoms in total. The van der Waals surface area contributed by atoms with Crippen molar-refractivity contribution in [2.75, 3.05) is 11.9 Å². The van der Waals surface area contributed by atoms with Crippen LogP contribution in [0.5, 0.6) is 0 Å². The summed E-state index contributed by atoms with van der Waals surface area (Å²) in [5.41, 5.74) is 2.03.